The van der Waals surface area contributed by atoms with Gasteiger partial charge in [0.2, 0.25) is 5.91 Å². The molecule has 2 heterocycles. The first-order valence-corrected chi connectivity index (χ1v) is 7.22. The number of anilines is 1. The first kappa shape index (κ1) is 13.7. The summed E-state index contributed by atoms with van der Waals surface area (Å²) >= 11 is 0. The molecule has 1 aliphatic carbocycles. The maximum atomic E-state index is 14.0. The van der Waals surface area contributed by atoms with E-state index in [1.165, 1.54) is 17.0 Å². The Morgan fingerprint density at radius 2 is 2.09 bits per heavy atom. The van der Waals surface area contributed by atoms with E-state index >= 15 is 0 Å². The smallest absolute Gasteiger partial charge is 0.236 e. The molecule has 1 aliphatic rings. The van der Waals surface area contributed by atoms with Gasteiger partial charge in [0, 0.05) is 23.9 Å². The minimum atomic E-state index is -0.789. The van der Waals surface area contributed by atoms with Crippen molar-refractivity contribution in [3.63, 3.8) is 0 Å². The third-order valence-electron chi connectivity index (χ3n) is 4.06. The largest absolute Gasteiger partial charge is 0.363 e. The number of amides is 1. The standard InChI is InChI=1S/C16H13FN4O2/c17-12-4-2-1-3-11(12)16(7-8-16)15(22)18-13-5-9-21(19-13)14-6-10-23-20-14/h1-6,9-10H,7-8H2,(H,18,19,22). The number of aromatic nitrogens is 3. The minimum absolute atomic E-state index is 0.243. The summed E-state index contributed by atoms with van der Waals surface area (Å²) in [6.45, 7) is 0. The molecule has 0 aliphatic heterocycles. The summed E-state index contributed by atoms with van der Waals surface area (Å²) < 4.78 is 20.2. The number of hydrogen-bond donors (Lipinski definition) is 1. The Balaban J connectivity index is 1.56. The summed E-state index contributed by atoms with van der Waals surface area (Å²) in [7, 11) is 0. The van der Waals surface area contributed by atoms with Crippen LogP contribution in [0, 0.1) is 5.82 Å². The van der Waals surface area contributed by atoms with Crippen LogP contribution in [0.25, 0.3) is 5.82 Å². The number of carbonyl (C=O) groups is 1. The molecular formula is C16H13FN4O2. The van der Waals surface area contributed by atoms with E-state index in [2.05, 4.69) is 15.6 Å². The highest BCUT2D eigenvalue weighted by atomic mass is 19.1. The van der Waals surface area contributed by atoms with E-state index in [-0.39, 0.29) is 11.7 Å². The maximum absolute atomic E-state index is 14.0. The van der Waals surface area contributed by atoms with E-state index < -0.39 is 5.41 Å². The van der Waals surface area contributed by atoms with Crippen LogP contribution >= 0.6 is 0 Å². The lowest BCUT2D eigenvalue weighted by atomic mass is 9.94. The summed E-state index contributed by atoms with van der Waals surface area (Å²) in [6.07, 6.45) is 4.36. The van der Waals surface area contributed by atoms with Crippen molar-refractivity contribution in [3.8, 4) is 5.82 Å². The fourth-order valence-electron chi connectivity index (χ4n) is 2.67. The average molecular weight is 312 g/mol. The number of nitrogens with one attached hydrogen (secondary N) is 1. The average Bonchev–Trinajstić information content (AvgIpc) is 2.97. The highest BCUT2D eigenvalue weighted by molar-refractivity contribution is 6.00. The molecule has 0 saturated heterocycles. The second kappa shape index (κ2) is 5.05. The van der Waals surface area contributed by atoms with Gasteiger partial charge in [0.05, 0.1) is 5.41 Å². The first-order valence-electron chi connectivity index (χ1n) is 7.22. The van der Waals surface area contributed by atoms with Crippen molar-refractivity contribution < 1.29 is 13.7 Å². The Morgan fingerprint density at radius 3 is 2.78 bits per heavy atom. The highest BCUT2D eigenvalue weighted by Crippen LogP contribution is 2.49. The molecule has 1 N–H and O–H groups in total. The van der Waals surface area contributed by atoms with Crippen molar-refractivity contribution in [3.05, 3.63) is 60.2 Å². The predicted octanol–water partition coefficient (Wildman–Crippen LogP) is 2.67. The van der Waals surface area contributed by atoms with E-state index in [1.54, 1.807) is 36.5 Å². The summed E-state index contributed by atoms with van der Waals surface area (Å²) in [5, 5.41) is 10.7. The first-order chi connectivity index (χ1) is 11.2. The van der Waals surface area contributed by atoms with Crippen LogP contribution in [0.3, 0.4) is 0 Å². The third-order valence-corrected chi connectivity index (χ3v) is 4.06. The topological polar surface area (TPSA) is 73.0 Å². The molecule has 0 radical (unpaired) electrons. The number of rotatable bonds is 4. The molecule has 23 heavy (non-hydrogen) atoms. The molecule has 7 heteroatoms. The van der Waals surface area contributed by atoms with Gasteiger partial charge in [-0.1, -0.05) is 23.4 Å². The Hall–Kier alpha value is -2.96. The van der Waals surface area contributed by atoms with E-state index in [4.69, 9.17) is 4.52 Å². The molecule has 0 atom stereocenters. The van der Waals surface area contributed by atoms with Gasteiger partial charge in [-0.05, 0) is 18.9 Å². The lowest BCUT2D eigenvalue weighted by Gasteiger charge is -2.15. The van der Waals surface area contributed by atoms with Crippen LogP contribution < -0.4 is 5.32 Å². The predicted molar refractivity (Wildman–Crippen MR) is 79.6 cm³/mol. The Labute approximate surface area is 130 Å². The molecular weight excluding hydrogens is 299 g/mol. The Kier molecular flexibility index (Phi) is 3.00. The molecule has 1 saturated carbocycles. The molecule has 0 spiro atoms. The van der Waals surface area contributed by atoms with E-state index in [1.807, 2.05) is 0 Å². The van der Waals surface area contributed by atoms with Gasteiger partial charge in [-0.2, -0.15) is 0 Å². The van der Waals surface area contributed by atoms with E-state index in [0.29, 0.717) is 30.0 Å². The number of nitrogens with zero attached hydrogens (tertiary/aromatic N) is 3. The van der Waals surface area contributed by atoms with Crippen LogP contribution in [-0.2, 0) is 10.2 Å². The lowest BCUT2D eigenvalue weighted by molar-refractivity contribution is -0.118. The van der Waals surface area contributed by atoms with Gasteiger partial charge in [0.15, 0.2) is 11.6 Å². The zero-order valence-electron chi connectivity index (χ0n) is 12.1. The number of carbonyl (C=O) groups excluding carboxylic acids is 1. The lowest BCUT2D eigenvalue weighted by Crippen LogP contribution is -2.29. The Morgan fingerprint density at radius 1 is 1.26 bits per heavy atom. The summed E-state index contributed by atoms with van der Waals surface area (Å²) in [5.74, 6) is 0.308. The summed E-state index contributed by atoms with van der Waals surface area (Å²) in [4.78, 5) is 12.6. The SMILES string of the molecule is O=C(Nc1ccn(-c2ccon2)n1)C1(c2ccccc2F)CC1. The van der Waals surface area contributed by atoms with Crippen molar-refractivity contribution in [1.82, 2.24) is 14.9 Å². The number of hydrogen-bond acceptors (Lipinski definition) is 4. The second-order valence-corrected chi connectivity index (χ2v) is 5.52. The molecule has 6 nitrogen and oxygen atoms in total. The summed E-state index contributed by atoms with van der Waals surface area (Å²) in [5.41, 5.74) is -0.350. The normalized spacial score (nSPS) is 15.3. The molecule has 116 valence electrons. The molecule has 4 rings (SSSR count). The van der Waals surface area contributed by atoms with Crippen molar-refractivity contribution in [2.45, 2.75) is 18.3 Å². The molecule has 1 fully saturated rings. The molecule has 1 amide bonds. The van der Waals surface area contributed by atoms with Crippen LogP contribution in [0.5, 0.6) is 0 Å². The van der Waals surface area contributed by atoms with Gasteiger partial charge in [-0.15, -0.1) is 5.10 Å². The van der Waals surface area contributed by atoms with Crippen LogP contribution in [0.2, 0.25) is 0 Å². The summed E-state index contributed by atoms with van der Waals surface area (Å²) in [6, 6.07) is 9.71. The van der Waals surface area contributed by atoms with Gasteiger partial charge in [0.1, 0.15) is 12.1 Å². The second-order valence-electron chi connectivity index (χ2n) is 5.52. The number of halogens is 1. The minimum Gasteiger partial charge on any atom is -0.363 e. The van der Waals surface area contributed by atoms with Gasteiger partial charge in [-0.3, -0.25) is 4.79 Å². The molecule has 1 aromatic carbocycles. The molecule has 0 bridgehead atoms. The molecule has 2 aromatic heterocycles. The van der Waals surface area contributed by atoms with Crippen LogP contribution in [-0.4, -0.2) is 20.8 Å². The fraction of sp³-hybridized carbons (Fsp3) is 0.188. The van der Waals surface area contributed by atoms with Gasteiger partial charge < -0.3 is 9.84 Å². The quantitative estimate of drug-likeness (QED) is 0.804. The Bertz CT molecular complexity index is 853. The van der Waals surface area contributed by atoms with Crippen molar-refractivity contribution >= 4 is 11.7 Å². The maximum Gasteiger partial charge on any atom is 0.236 e. The fourth-order valence-corrected chi connectivity index (χ4v) is 2.67. The molecule has 0 unspecified atom stereocenters. The zero-order chi connectivity index (χ0) is 15.9. The van der Waals surface area contributed by atoms with Gasteiger partial charge >= 0.3 is 0 Å². The van der Waals surface area contributed by atoms with Gasteiger partial charge in [0.25, 0.3) is 0 Å². The van der Waals surface area contributed by atoms with Gasteiger partial charge in [-0.25, -0.2) is 9.07 Å². The van der Waals surface area contributed by atoms with Crippen LogP contribution in [0.1, 0.15) is 18.4 Å². The van der Waals surface area contributed by atoms with Crippen molar-refractivity contribution in [1.29, 1.82) is 0 Å². The van der Waals surface area contributed by atoms with Crippen molar-refractivity contribution in [2.75, 3.05) is 5.32 Å². The zero-order valence-corrected chi connectivity index (χ0v) is 12.1. The van der Waals surface area contributed by atoms with E-state index in [9.17, 15) is 9.18 Å². The highest BCUT2D eigenvalue weighted by Gasteiger charge is 2.52. The van der Waals surface area contributed by atoms with Crippen molar-refractivity contribution in [2.24, 2.45) is 0 Å². The third kappa shape index (κ3) is 2.30. The van der Waals surface area contributed by atoms with Crippen LogP contribution in [0.4, 0.5) is 10.2 Å². The molecule has 3 aromatic rings. The van der Waals surface area contributed by atoms with E-state index in [0.717, 1.165) is 0 Å². The van der Waals surface area contributed by atoms with Crippen LogP contribution in [0.15, 0.2) is 53.4 Å². The number of benzene rings is 1. The monoisotopic (exact) mass is 312 g/mol.